The number of azo groups is 1. The molecule has 0 radical (unpaired) electrons. The number of aromatic hydroxyl groups is 1. The fourth-order valence-corrected chi connectivity index (χ4v) is 5.97. The van der Waals surface area contributed by atoms with Gasteiger partial charge in [-0.25, -0.2) is 9.18 Å². The van der Waals surface area contributed by atoms with E-state index in [1.165, 1.54) is 13.3 Å². The number of rotatable bonds is 7. The Kier molecular flexibility index (Phi) is 7.26. The van der Waals surface area contributed by atoms with Crippen LogP contribution in [-0.2, 0) is 6.67 Å². The molecular weight excluding hydrogens is 577 g/mol. The van der Waals surface area contributed by atoms with Gasteiger partial charge in [0, 0.05) is 43.3 Å². The average molecular weight is 608 g/mol. The van der Waals surface area contributed by atoms with Crippen LogP contribution in [0.2, 0.25) is 0 Å². The first-order valence-electron chi connectivity index (χ1n) is 13.8. The molecule has 43 heavy (non-hydrogen) atoms. The SMILES string of the molecule is COc1c(N2CCN(Cn3c(O)c(N=NC(N)=S)c4ccccc43)C(C)C2)c(F)cc2c(=O)c(C(=O)O)cn(C3CC3)c12. The molecule has 3 heterocycles. The van der Waals surface area contributed by atoms with E-state index >= 15 is 4.39 Å². The number of halogens is 1. The second kappa shape index (κ2) is 10.9. The Balaban J connectivity index is 1.34. The minimum atomic E-state index is -1.35. The lowest BCUT2D eigenvalue weighted by atomic mass is 10.1. The van der Waals surface area contributed by atoms with Crippen LogP contribution in [0, 0.1) is 5.82 Å². The van der Waals surface area contributed by atoms with Gasteiger partial charge in [-0.05, 0) is 44.1 Å². The van der Waals surface area contributed by atoms with Crippen molar-refractivity contribution in [2.24, 2.45) is 16.0 Å². The Hall–Kier alpha value is -4.56. The van der Waals surface area contributed by atoms with Gasteiger partial charge in [0.05, 0.1) is 30.2 Å². The number of hydrogen-bond acceptors (Lipinski definition) is 8. The number of piperazine rings is 1. The molecule has 1 atom stereocenters. The lowest BCUT2D eigenvalue weighted by molar-refractivity contribution is 0.0694. The number of carbonyl (C=O) groups is 1. The maximum atomic E-state index is 15.8. The highest BCUT2D eigenvalue weighted by molar-refractivity contribution is 7.80. The van der Waals surface area contributed by atoms with Crippen LogP contribution >= 0.6 is 12.2 Å². The van der Waals surface area contributed by atoms with E-state index in [0.29, 0.717) is 37.2 Å². The second-order valence-corrected chi connectivity index (χ2v) is 11.3. The quantitative estimate of drug-likeness (QED) is 0.206. The largest absolute Gasteiger partial charge is 0.493 e. The van der Waals surface area contributed by atoms with Crippen molar-refractivity contribution < 1.29 is 24.1 Å². The molecule has 1 saturated heterocycles. The second-order valence-electron chi connectivity index (χ2n) is 10.9. The molecule has 2 aromatic carbocycles. The summed E-state index contributed by atoms with van der Waals surface area (Å²) >= 11 is 4.80. The lowest BCUT2D eigenvalue weighted by Gasteiger charge is -2.41. The summed E-state index contributed by atoms with van der Waals surface area (Å²) in [5.74, 6) is -1.88. The topological polar surface area (TPSA) is 151 Å². The van der Waals surface area contributed by atoms with Crippen molar-refractivity contribution in [2.75, 3.05) is 31.6 Å². The van der Waals surface area contributed by atoms with Crippen molar-refractivity contribution in [1.29, 1.82) is 0 Å². The predicted molar refractivity (Wildman–Crippen MR) is 163 cm³/mol. The van der Waals surface area contributed by atoms with E-state index in [9.17, 15) is 19.8 Å². The van der Waals surface area contributed by atoms with Gasteiger partial charge in [0.2, 0.25) is 16.4 Å². The van der Waals surface area contributed by atoms with Crippen molar-refractivity contribution in [3.8, 4) is 11.6 Å². The van der Waals surface area contributed by atoms with Gasteiger partial charge in [0.15, 0.2) is 17.3 Å². The molecule has 0 amide bonds. The van der Waals surface area contributed by atoms with Crippen LogP contribution in [0.5, 0.6) is 11.6 Å². The number of aromatic nitrogens is 2. The Morgan fingerprint density at radius 1 is 1.23 bits per heavy atom. The van der Waals surface area contributed by atoms with E-state index < -0.39 is 22.8 Å². The predicted octanol–water partition coefficient (Wildman–Crippen LogP) is 4.34. The summed E-state index contributed by atoms with van der Waals surface area (Å²) in [7, 11) is 1.43. The van der Waals surface area contributed by atoms with Gasteiger partial charge >= 0.3 is 5.97 Å². The molecule has 2 aliphatic rings. The molecule has 1 unspecified atom stereocenters. The van der Waals surface area contributed by atoms with Gasteiger partial charge in [-0.3, -0.25) is 14.3 Å². The Morgan fingerprint density at radius 3 is 2.63 bits per heavy atom. The number of anilines is 1. The van der Waals surface area contributed by atoms with E-state index in [1.807, 2.05) is 36.1 Å². The summed E-state index contributed by atoms with van der Waals surface area (Å²) in [4.78, 5) is 28.9. The highest BCUT2D eigenvalue weighted by Gasteiger charge is 2.33. The minimum absolute atomic E-state index is 0.0121. The van der Waals surface area contributed by atoms with E-state index in [1.54, 1.807) is 9.13 Å². The molecule has 224 valence electrons. The highest BCUT2D eigenvalue weighted by Crippen LogP contribution is 2.44. The number of carboxylic acid groups (broad SMARTS) is 1. The zero-order valence-corrected chi connectivity index (χ0v) is 24.3. The number of methoxy groups -OCH3 is 1. The normalized spacial score (nSPS) is 17.7. The van der Waals surface area contributed by atoms with Crippen molar-refractivity contribution in [2.45, 2.75) is 38.5 Å². The summed E-state index contributed by atoms with van der Waals surface area (Å²) in [5.41, 5.74) is 5.99. The van der Waals surface area contributed by atoms with E-state index in [-0.39, 0.29) is 45.6 Å². The van der Waals surface area contributed by atoms with Crippen LogP contribution in [0.15, 0.2) is 51.6 Å². The maximum Gasteiger partial charge on any atom is 0.341 e. The van der Waals surface area contributed by atoms with Crippen molar-refractivity contribution in [1.82, 2.24) is 14.0 Å². The number of nitrogens with two attached hydrogens (primary N) is 1. The molecule has 12 nitrogen and oxygen atoms in total. The van der Waals surface area contributed by atoms with Crippen LogP contribution in [0.25, 0.3) is 21.8 Å². The van der Waals surface area contributed by atoms with Gasteiger partial charge in [-0.2, -0.15) is 0 Å². The zero-order valence-electron chi connectivity index (χ0n) is 23.5. The number of thiocarbonyl (C=S) groups is 1. The molecular formula is C29H30FN7O5S. The first kappa shape index (κ1) is 28.6. The van der Waals surface area contributed by atoms with Gasteiger partial charge in [-0.15, -0.1) is 10.2 Å². The molecule has 6 rings (SSSR count). The van der Waals surface area contributed by atoms with Crippen LogP contribution in [0.1, 0.15) is 36.2 Å². The summed E-state index contributed by atoms with van der Waals surface area (Å²) in [6.07, 6.45) is 3.00. The molecule has 1 saturated carbocycles. The summed E-state index contributed by atoms with van der Waals surface area (Å²) < 4.78 is 25.1. The molecule has 1 aliphatic carbocycles. The molecule has 4 aromatic rings. The smallest absolute Gasteiger partial charge is 0.341 e. The molecule has 0 spiro atoms. The number of carboxylic acids is 1. The molecule has 4 N–H and O–H groups in total. The number of hydrogen-bond donors (Lipinski definition) is 3. The number of benzene rings is 2. The zero-order chi connectivity index (χ0) is 30.6. The van der Waals surface area contributed by atoms with Gasteiger partial charge in [0.1, 0.15) is 11.3 Å². The Labute approximate surface area is 250 Å². The van der Waals surface area contributed by atoms with Gasteiger partial charge in [-0.1, -0.05) is 18.2 Å². The van der Waals surface area contributed by atoms with Crippen LogP contribution in [0.4, 0.5) is 15.8 Å². The number of nitrogens with zero attached hydrogens (tertiary/aromatic N) is 6. The van der Waals surface area contributed by atoms with Gasteiger partial charge in [0.25, 0.3) is 0 Å². The molecule has 2 fully saturated rings. The van der Waals surface area contributed by atoms with Gasteiger partial charge < -0.3 is 30.2 Å². The molecule has 2 aromatic heterocycles. The first-order valence-corrected chi connectivity index (χ1v) is 14.2. The summed E-state index contributed by atoms with van der Waals surface area (Å²) in [5, 5.41) is 29.0. The lowest BCUT2D eigenvalue weighted by Crippen LogP contribution is -2.52. The monoisotopic (exact) mass is 607 g/mol. The first-order chi connectivity index (χ1) is 20.6. The summed E-state index contributed by atoms with van der Waals surface area (Å²) in [6, 6.07) is 8.46. The third-order valence-corrected chi connectivity index (χ3v) is 8.23. The number of fused-ring (bicyclic) bond motifs is 2. The molecule has 14 heteroatoms. The Morgan fingerprint density at radius 2 is 1.98 bits per heavy atom. The Bertz CT molecular complexity index is 1880. The van der Waals surface area contributed by atoms with Crippen molar-refractivity contribution >= 4 is 56.5 Å². The number of para-hydroxylation sites is 1. The maximum absolute atomic E-state index is 15.8. The fourth-order valence-electron chi connectivity index (χ4n) is 5.93. The van der Waals surface area contributed by atoms with Crippen molar-refractivity contribution in [3.63, 3.8) is 0 Å². The third-order valence-electron chi connectivity index (χ3n) is 8.14. The molecule has 1 aliphatic heterocycles. The highest BCUT2D eigenvalue weighted by atomic mass is 32.1. The third kappa shape index (κ3) is 4.95. The van der Waals surface area contributed by atoms with E-state index in [4.69, 9.17) is 22.7 Å². The van der Waals surface area contributed by atoms with Crippen LogP contribution in [0.3, 0.4) is 0 Å². The standard InChI is InChI=1S/C29H30FN7O5S/c1-15-12-34(9-10-35(15)14-37-21-6-4-3-5-17(21)22(27(37)39)32-33-29(31)43)24-20(30)11-18-23(26(24)42-2)36(16-7-8-16)13-19(25(18)38)28(40)41/h3-6,11,13,15-16,39H,7-10,12,14H2,1-2H3,(H2,31,43)(H,40,41). The van der Waals surface area contributed by atoms with Crippen molar-refractivity contribution in [3.05, 3.63) is 58.1 Å². The number of aromatic carboxylic acids is 1. The number of ether oxygens (including phenoxy) is 1. The van der Waals surface area contributed by atoms with Crippen LogP contribution < -0.4 is 20.8 Å². The fraction of sp³-hybridized carbons (Fsp3) is 0.345. The average Bonchev–Trinajstić information content (AvgIpc) is 3.78. The van der Waals surface area contributed by atoms with E-state index in [2.05, 4.69) is 15.1 Å². The van der Waals surface area contributed by atoms with E-state index in [0.717, 1.165) is 24.4 Å². The number of pyridine rings is 1. The minimum Gasteiger partial charge on any atom is -0.493 e. The van der Waals surface area contributed by atoms with Crippen LogP contribution in [-0.4, -0.2) is 68.1 Å². The summed E-state index contributed by atoms with van der Waals surface area (Å²) in [6.45, 7) is 3.71. The molecule has 0 bridgehead atoms.